The van der Waals surface area contributed by atoms with Gasteiger partial charge in [0.2, 0.25) is 0 Å². The highest BCUT2D eigenvalue weighted by atomic mass is 19.4. The molecule has 0 aliphatic heterocycles. The number of anilines is 1. The lowest BCUT2D eigenvalue weighted by Crippen LogP contribution is -2.17. The third-order valence-electron chi connectivity index (χ3n) is 2.09. The number of carbonyl (C=O) groups is 1. The largest absolute Gasteiger partial charge is 0.476 e. The molecule has 1 rings (SSSR count). The highest BCUT2D eigenvalue weighted by molar-refractivity contribution is 5.87. The monoisotopic (exact) mass is 262 g/mol. The van der Waals surface area contributed by atoms with Crippen LogP contribution in [-0.2, 0) is 6.18 Å². The summed E-state index contributed by atoms with van der Waals surface area (Å²) in [6, 6.07) is 1.84. The molecule has 0 unspecified atom stereocenters. The number of aromatic carboxylic acids is 1. The molecule has 7 heteroatoms. The number of nitrogens with zero attached hydrogens (tertiary/aromatic N) is 1. The zero-order valence-electron chi connectivity index (χ0n) is 9.88. The molecule has 0 spiro atoms. The van der Waals surface area contributed by atoms with Gasteiger partial charge in [0.15, 0.2) is 5.69 Å². The second-order valence-electron chi connectivity index (χ2n) is 4.17. The molecule has 18 heavy (non-hydrogen) atoms. The Morgan fingerprint density at radius 1 is 1.44 bits per heavy atom. The average Bonchev–Trinajstić information content (AvgIpc) is 2.24. The zero-order chi connectivity index (χ0) is 13.9. The van der Waals surface area contributed by atoms with Crippen LogP contribution < -0.4 is 5.32 Å². The Balaban J connectivity index is 3.08. The number of hydrogen-bond acceptors (Lipinski definition) is 3. The van der Waals surface area contributed by atoms with Crippen molar-refractivity contribution in [3.8, 4) is 0 Å². The van der Waals surface area contributed by atoms with Gasteiger partial charge in [-0.25, -0.2) is 9.78 Å². The van der Waals surface area contributed by atoms with Gasteiger partial charge in [-0.05, 0) is 18.1 Å². The number of carboxylic acids is 1. The van der Waals surface area contributed by atoms with Gasteiger partial charge in [0.05, 0.1) is 5.56 Å². The van der Waals surface area contributed by atoms with Gasteiger partial charge < -0.3 is 10.4 Å². The number of aromatic nitrogens is 1. The summed E-state index contributed by atoms with van der Waals surface area (Å²) in [5.74, 6) is -1.31. The third kappa shape index (κ3) is 3.61. The summed E-state index contributed by atoms with van der Waals surface area (Å²) in [5.41, 5.74) is -2.23. The zero-order valence-corrected chi connectivity index (χ0v) is 9.88. The first-order valence-electron chi connectivity index (χ1n) is 5.27. The van der Waals surface area contributed by atoms with Crippen LogP contribution in [0, 0.1) is 5.92 Å². The predicted molar refractivity (Wildman–Crippen MR) is 59.5 cm³/mol. The predicted octanol–water partition coefficient (Wildman–Crippen LogP) is 2.87. The van der Waals surface area contributed by atoms with E-state index in [1.54, 1.807) is 0 Å². The molecule has 0 atom stereocenters. The fourth-order valence-corrected chi connectivity index (χ4v) is 1.26. The molecule has 0 fully saturated rings. The third-order valence-corrected chi connectivity index (χ3v) is 2.09. The fraction of sp³-hybridized carbons (Fsp3) is 0.455. The van der Waals surface area contributed by atoms with Crippen LogP contribution in [0.15, 0.2) is 12.1 Å². The summed E-state index contributed by atoms with van der Waals surface area (Å²) >= 11 is 0. The van der Waals surface area contributed by atoms with Crippen LogP contribution in [0.25, 0.3) is 0 Å². The number of halogens is 3. The van der Waals surface area contributed by atoms with Crippen molar-refractivity contribution in [3.63, 3.8) is 0 Å². The van der Waals surface area contributed by atoms with Crippen molar-refractivity contribution in [1.29, 1.82) is 0 Å². The SMILES string of the molecule is CC(C)CNc1ccc(C(F)(F)F)c(C(=O)O)n1. The van der Waals surface area contributed by atoms with Gasteiger partial charge in [0.1, 0.15) is 5.82 Å². The molecule has 0 aromatic carbocycles. The number of carboxylic acid groups (broad SMARTS) is 1. The molecule has 1 heterocycles. The van der Waals surface area contributed by atoms with E-state index in [0.29, 0.717) is 6.54 Å². The molecule has 0 saturated carbocycles. The standard InChI is InChI=1S/C11H13F3N2O2/c1-6(2)5-15-8-4-3-7(11(12,13)14)9(16-8)10(17)18/h3-4,6H,5H2,1-2H3,(H,15,16)(H,17,18). The van der Waals surface area contributed by atoms with E-state index in [1.165, 1.54) is 0 Å². The summed E-state index contributed by atoms with van der Waals surface area (Å²) in [6.45, 7) is 4.32. The molecule has 0 bridgehead atoms. The van der Waals surface area contributed by atoms with Crippen LogP contribution in [0.2, 0.25) is 0 Å². The summed E-state index contributed by atoms with van der Waals surface area (Å²) in [6.07, 6.45) is -4.72. The minimum absolute atomic E-state index is 0.120. The van der Waals surface area contributed by atoms with Gasteiger partial charge in [-0.1, -0.05) is 13.8 Å². The summed E-state index contributed by atoms with van der Waals surface area (Å²) < 4.78 is 37.6. The maximum absolute atomic E-state index is 12.5. The lowest BCUT2D eigenvalue weighted by atomic mass is 10.1. The van der Waals surface area contributed by atoms with Crippen LogP contribution in [0.3, 0.4) is 0 Å². The highest BCUT2D eigenvalue weighted by Gasteiger charge is 2.36. The molecular weight excluding hydrogens is 249 g/mol. The fourth-order valence-electron chi connectivity index (χ4n) is 1.26. The Morgan fingerprint density at radius 3 is 2.50 bits per heavy atom. The van der Waals surface area contributed by atoms with Crippen LogP contribution in [0.4, 0.5) is 19.0 Å². The summed E-state index contributed by atoms with van der Waals surface area (Å²) in [5, 5.41) is 11.5. The molecule has 0 saturated heterocycles. The molecule has 1 aromatic rings. The van der Waals surface area contributed by atoms with Crippen LogP contribution in [-0.4, -0.2) is 22.6 Å². The molecule has 1 aromatic heterocycles. The molecule has 0 aliphatic rings. The minimum atomic E-state index is -4.72. The maximum Gasteiger partial charge on any atom is 0.418 e. The Hall–Kier alpha value is -1.79. The number of rotatable bonds is 4. The normalized spacial score (nSPS) is 11.7. The quantitative estimate of drug-likeness (QED) is 0.875. The van der Waals surface area contributed by atoms with Crippen molar-refractivity contribution in [3.05, 3.63) is 23.4 Å². The van der Waals surface area contributed by atoms with Crippen LogP contribution in [0.5, 0.6) is 0 Å². The van der Waals surface area contributed by atoms with E-state index in [9.17, 15) is 18.0 Å². The molecule has 0 aliphatic carbocycles. The van der Waals surface area contributed by atoms with E-state index >= 15 is 0 Å². The molecule has 0 radical (unpaired) electrons. The van der Waals surface area contributed by atoms with Crippen molar-refractivity contribution >= 4 is 11.8 Å². The van der Waals surface area contributed by atoms with E-state index in [-0.39, 0.29) is 11.7 Å². The van der Waals surface area contributed by atoms with Crippen molar-refractivity contribution in [2.75, 3.05) is 11.9 Å². The van der Waals surface area contributed by atoms with Crippen molar-refractivity contribution < 1.29 is 23.1 Å². The molecule has 0 amide bonds. The number of nitrogens with one attached hydrogen (secondary N) is 1. The van der Waals surface area contributed by atoms with E-state index in [1.807, 2.05) is 13.8 Å². The van der Waals surface area contributed by atoms with E-state index in [4.69, 9.17) is 5.11 Å². The number of pyridine rings is 1. The number of alkyl halides is 3. The summed E-state index contributed by atoms with van der Waals surface area (Å²) in [4.78, 5) is 14.2. The Kier molecular flexibility index (Phi) is 4.15. The van der Waals surface area contributed by atoms with Gasteiger partial charge in [0.25, 0.3) is 0 Å². The van der Waals surface area contributed by atoms with Crippen molar-refractivity contribution in [1.82, 2.24) is 4.98 Å². The topological polar surface area (TPSA) is 62.2 Å². The van der Waals surface area contributed by atoms with Crippen molar-refractivity contribution in [2.45, 2.75) is 20.0 Å². The van der Waals surface area contributed by atoms with Crippen molar-refractivity contribution in [2.24, 2.45) is 5.92 Å². The van der Waals surface area contributed by atoms with E-state index in [0.717, 1.165) is 12.1 Å². The van der Waals surface area contributed by atoms with Gasteiger partial charge in [-0.3, -0.25) is 0 Å². The Bertz CT molecular complexity index is 444. The number of hydrogen-bond donors (Lipinski definition) is 2. The summed E-state index contributed by atoms with van der Waals surface area (Å²) in [7, 11) is 0. The Morgan fingerprint density at radius 2 is 2.06 bits per heavy atom. The first kappa shape index (κ1) is 14.3. The van der Waals surface area contributed by atoms with Gasteiger partial charge in [-0.2, -0.15) is 13.2 Å². The lowest BCUT2D eigenvalue weighted by Gasteiger charge is -2.12. The Labute approximate surface area is 102 Å². The maximum atomic E-state index is 12.5. The van der Waals surface area contributed by atoms with E-state index in [2.05, 4.69) is 10.3 Å². The molecule has 4 nitrogen and oxygen atoms in total. The lowest BCUT2D eigenvalue weighted by molar-refractivity contribution is -0.138. The van der Waals surface area contributed by atoms with Crippen LogP contribution in [0.1, 0.15) is 29.9 Å². The highest BCUT2D eigenvalue weighted by Crippen LogP contribution is 2.32. The molecule has 2 N–H and O–H groups in total. The average molecular weight is 262 g/mol. The molecular formula is C11H13F3N2O2. The minimum Gasteiger partial charge on any atom is -0.476 e. The van der Waals surface area contributed by atoms with Gasteiger partial charge in [-0.15, -0.1) is 0 Å². The van der Waals surface area contributed by atoms with Gasteiger partial charge in [0, 0.05) is 6.54 Å². The second-order valence-corrected chi connectivity index (χ2v) is 4.17. The first-order chi connectivity index (χ1) is 8.21. The second kappa shape index (κ2) is 5.24. The van der Waals surface area contributed by atoms with E-state index < -0.39 is 23.4 Å². The smallest absolute Gasteiger partial charge is 0.418 e. The molecule has 100 valence electrons. The first-order valence-corrected chi connectivity index (χ1v) is 5.27. The van der Waals surface area contributed by atoms with Gasteiger partial charge >= 0.3 is 12.1 Å². The van der Waals surface area contributed by atoms with Crippen LogP contribution >= 0.6 is 0 Å².